The Bertz CT molecular complexity index is 433. The minimum Gasteiger partial charge on any atom is -0.487 e. The van der Waals surface area contributed by atoms with E-state index in [1.807, 2.05) is 6.92 Å². The number of nitrogens with zero attached hydrogens (tertiary/aromatic N) is 1. The summed E-state index contributed by atoms with van der Waals surface area (Å²) in [5, 5.41) is 14.3. The molecule has 0 aromatic heterocycles. The molecule has 0 fully saturated rings. The summed E-state index contributed by atoms with van der Waals surface area (Å²) in [5.74, 6) is 0.964. The van der Waals surface area contributed by atoms with Crippen LogP contribution in [-0.4, -0.2) is 18.1 Å². The number of para-hydroxylation sites is 1. The predicted molar refractivity (Wildman–Crippen MR) is 81.4 cm³/mol. The Balaban J connectivity index is 2.76. The third-order valence-electron chi connectivity index (χ3n) is 2.93. The SMILES string of the molecule is CCCNc1cccc(OCCCC(C)C)c1[N+](=O)[O-]. The van der Waals surface area contributed by atoms with E-state index in [9.17, 15) is 10.1 Å². The fraction of sp³-hybridized carbons (Fsp3) is 0.600. The number of ether oxygens (including phenoxy) is 1. The second kappa shape index (κ2) is 8.40. The van der Waals surface area contributed by atoms with Gasteiger partial charge < -0.3 is 10.1 Å². The van der Waals surface area contributed by atoms with Crippen molar-refractivity contribution in [1.82, 2.24) is 0 Å². The van der Waals surface area contributed by atoms with E-state index in [1.165, 1.54) is 0 Å². The first kappa shape index (κ1) is 16.3. The van der Waals surface area contributed by atoms with Gasteiger partial charge in [-0.25, -0.2) is 0 Å². The number of hydrogen-bond donors (Lipinski definition) is 1. The summed E-state index contributed by atoms with van der Waals surface area (Å²) in [4.78, 5) is 10.9. The summed E-state index contributed by atoms with van der Waals surface area (Å²) >= 11 is 0. The predicted octanol–water partition coefficient (Wildman–Crippen LogP) is 4.23. The number of nitro groups is 1. The Kier molecular flexibility index (Phi) is 6.84. The maximum atomic E-state index is 11.2. The van der Waals surface area contributed by atoms with Gasteiger partial charge in [0.15, 0.2) is 5.75 Å². The van der Waals surface area contributed by atoms with Crippen LogP contribution in [0.2, 0.25) is 0 Å². The molecule has 0 saturated carbocycles. The number of nitrogens with one attached hydrogen (secondary N) is 1. The average Bonchev–Trinajstić information content (AvgIpc) is 2.40. The van der Waals surface area contributed by atoms with E-state index in [0.29, 0.717) is 30.5 Å². The van der Waals surface area contributed by atoms with Crippen molar-refractivity contribution >= 4 is 11.4 Å². The molecule has 20 heavy (non-hydrogen) atoms. The second-order valence-corrected chi connectivity index (χ2v) is 5.22. The molecule has 0 bridgehead atoms. The van der Waals surface area contributed by atoms with E-state index in [-0.39, 0.29) is 10.6 Å². The molecule has 1 N–H and O–H groups in total. The molecule has 5 nitrogen and oxygen atoms in total. The molecule has 0 aliphatic heterocycles. The lowest BCUT2D eigenvalue weighted by Crippen LogP contribution is -2.06. The van der Waals surface area contributed by atoms with E-state index in [4.69, 9.17) is 4.74 Å². The first-order valence-corrected chi connectivity index (χ1v) is 7.20. The lowest BCUT2D eigenvalue weighted by Gasteiger charge is -2.11. The maximum absolute atomic E-state index is 11.2. The Hall–Kier alpha value is -1.78. The van der Waals surface area contributed by atoms with Crippen LogP contribution in [0.25, 0.3) is 0 Å². The van der Waals surface area contributed by atoms with Gasteiger partial charge in [0.05, 0.1) is 11.5 Å². The topological polar surface area (TPSA) is 64.4 Å². The fourth-order valence-corrected chi connectivity index (χ4v) is 1.90. The average molecular weight is 280 g/mol. The van der Waals surface area contributed by atoms with Crippen molar-refractivity contribution in [2.24, 2.45) is 5.92 Å². The molecule has 112 valence electrons. The minimum absolute atomic E-state index is 0.0329. The summed E-state index contributed by atoms with van der Waals surface area (Å²) in [5.41, 5.74) is 0.559. The standard InChI is InChI=1S/C15H24N2O3/c1-4-10-16-13-8-5-9-14(15(13)17(18)19)20-11-6-7-12(2)3/h5,8-9,12,16H,4,6-7,10-11H2,1-3H3. The van der Waals surface area contributed by atoms with Crippen LogP contribution in [0.3, 0.4) is 0 Å². The zero-order valence-electron chi connectivity index (χ0n) is 12.5. The lowest BCUT2D eigenvalue weighted by molar-refractivity contribution is -0.385. The minimum atomic E-state index is -0.379. The molecule has 1 aromatic rings. The first-order chi connectivity index (χ1) is 9.56. The zero-order valence-corrected chi connectivity index (χ0v) is 12.5. The number of rotatable bonds is 9. The molecular weight excluding hydrogens is 256 g/mol. The van der Waals surface area contributed by atoms with Crippen LogP contribution in [0.5, 0.6) is 5.75 Å². The number of hydrogen-bond acceptors (Lipinski definition) is 4. The number of nitro benzene ring substituents is 1. The van der Waals surface area contributed by atoms with Crippen molar-refractivity contribution in [3.05, 3.63) is 28.3 Å². The van der Waals surface area contributed by atoms with Gasteiger partial charge in [0.1, 0.15) is 5.69 Å². The van der Waals surface area contributed by atoms with Crippen molar-refractivity contribution in [1.29, 1.82) is 0 Å². The molecule has 0 radical (unpaired) electrons. The van der Waals surface area contributed by atoms with Gasteiger partial charge in [0, 0.05) is 6.54 Å². The van der Waals surface area contributed by atoms with E-state index < -0.39 is 0 Å². The highest BCUT2D eigenvalue weighted by Crippen LogP contribution is 2.34. The quantitative estimate of drug-likeness (QED) is 0.417. The van der Waals surface area contributed by atoms with Crippen LogP contribution in [0, 0.1) is 16.0 Å². The van der Waals surface area contributed by atoms with Crippen LogP contribution in [0.4, 0.5) is 11.4 Å². The Morgan fingerprint density at radius 1 is 1.40 bits per heavy atom. The van der Waals surface area contributed by atoms with Gasteiger partial charge in [-0.15, -0.1) is 0 Å². The van der Waals surface area contributed by atoms with E-state index in [1.54, 1.807) is 18.2 Å². The first-order valence-electron chi connectivity index (χ1n) is 7.20. The third kappa shape index (κ3) is 5.07. The summed E-state index contributed by atoms with van der Waals surface area (Å²) in [6.45, 7) is 7.54. The molecule has 0 amide bonds. The molecule has 1 rings (SSSR count). The van der Waals surface area contributed by atoms with E-state index in [2.05, 4.69) is 19.2 Å². The van der Waals surface area contributed by atoms with Crippen molar-refractivity contribution in [2.45, 2.75) is 40.0 Å². The Morgan fingerprint density at radius 2 is 2.15 bits per heavy atom. The lowest BCUT2D eigenvalue weighted by atomic mass is 10.1. The van der Waals surface area contributed by atoms with E-state index in [0.717, 1.165) is 19.3 Å². The molecule has 0 heterocycles. The maximum Gasteiger partial charge on any atom is 0.333 e. The normalized spacial score (nSPS) is 10.6. The van der Waals surface area contributed by atoms with Gasteiger partial charge in [-0.05, 0) is 37.3 Å². The third-order valence-corrected chi connectivity index (χ3v) is 2.93. The molecule has 0 aliphatic carbocycles. The molecule has 0 saturated heterocycles. The van der Waals surface area contributed by atoms with Crippen LogP contribution < -0.4 is 10.1 Å². The summed E-state index contributed by atoms with van der Waals surface area (Å²) in [6, 6.07) is 5.15. The van der Waals surface area contributed by atoms with Crippen molar-refractivity contribution in [3.8, 4) is 5.75 Å². The van der Waals surface area contributed by atoms with Crippen LogP contribution >= 0.6 is 0 Å². The number of anilines is 1. The van der Waals surface area contributed by atoms with Crippen molar-refractivity contribution in [2.75, 3.05) is 18.5 Å². The van der Waals surface area contributed by atoms with Crippen molar-refractivity contribution < 1.29 is 9.66 Å². The Labute approximate surface area is 120 Å². The fourth-order valence-electron chi connectivity index (χ4n) is 1.90. The van der Waals surface area contributed by atoms with Gasteiger partial charge >= 0.3 is 5.69 Å². The van der Waals surface area contributed by atoms with Crippen LogP contribution in [0.15, 0.2) is 18.2 Å². The summed E-state index contributed by atoms with van der Waals surface area (Å²) in [6.07, 6.45) is 2.87. The molecule has 0 spiro atoms. The largest absolute Gasteiger partial charge is 0.487 e. The second-order valence-electron chi connectivity index (χ2n) is 5.22. The highest BCUT2D eigenvalue weighted by Gasteiger charge is 2.20. The number of benzene rings is 1. The van der Waals surface area contributed by atoms with Gasteiger partial charge in [-0.2, -0.15) is 0 Å². The molecule has 0 aliphatic rings. The zero-order chi connectivity index (χ0) is 15.0. The highest BCUT2D eigenvalue weighted by atomic mass is 16.6. The summed E-state index contributed by atoms with van der Waals surface area (Å²) in [7, 11) is 0. The molecule has 0 unspecified atom stereocenters. The van der Waals surface area contributed by atoms with E-state index >= 15 is 0 Å². The highest BCUT2D eigenvalue weighted by molar-refractivity contribution is 5.68. The molecular formula is C15H24N2O3. The monoisotopic (exact) mass is 280 g/mol. The summed E-state index contributed by atoms with van der Waals surface area (Å²) < 4.78 is 5.59. The molecule has 5 heteroatoms. The van der Waals surface area contributed by atoms with Crippen molar-refractivity contribution in [3.63, 3.8) is 0 Å². The Morgan fingerprint density at radius 3 is 2.75 bits per heavy atom. The van der Waals surface area contributed by atoms with Gasteiger partial charge in [-0.1, -0.05) is 26.8 Å². The van der Waals surface area contributed by atoms with Crippen LogP contribution in [0.1, 0.15) is 40.0 Å². The van der Waals surface area contributed by atoms with Gasteiger partial charge in [0.2, 0.25) is 0 Å². The van der Waals surface area contributed by atoms with Gasteiger partial charge in [-0.3, -0.25) is 10.1 Å². The molecule has 1 aromatic carbocycles. The smallest absolute Gasteiger partial charge is 0.333 e. The van der Waals surface area contributed by atoms with Gasteiger partial charge in [0.25, 0.3) is 0 Å². The van der Waals surface area contributed by atoms with Crippen LogP contribution in [-0.2, 0) is 0 Å². The molecule has 0 atom stereocenters.